The molecule has 0 aromatic heterocycles. The Labute approximate surface area is 78.8 Å². The Bertz CT molecular complexity index is 225. The van der Waals surface area contributed by atoms with Gasteiger partial charge in [0, 0.05) is 13.1 Å². The number of carbonyl (C=O) groups excluding carboxylic acids is 1. The van der Waals surface area contributed by atoms with Crippen LogP contribution in [0.3, 0.4) is 0 Å². The minimum absolute atomic E-state index is 0.162. The van der Waals surface area contributed by atoms with E-state index in [9.17, 15) is 18.0 Å². The van der Waals surface area contributed by atoms with Crippen molar-refractivity contribution in [3.05, 3.63) is 0 Å². The quantitative estimate of drug-likeness (QED) is 0.628. The Morgan fingerprint density at radius 2 is 2.14 bits per heavy atom. The smallest absolute Gasteiger partial charge is 0.401 e. The van der Waals surface area contributed by atoms with Crippen LogP contribution in [0.25, 0.3) is 0 Å². The van der Waals surface area contributed by atoms with E-state index in [-0.39, 0.29) is 13.1 Å². The fourth-order valence-corrected chi connectivity index (χ4v) is 1.18. The summed E-state index contributed by atoms with van der Waals surface area (Å²) in [7, 11) is 1.15. The first-order chi connectivity index (χ1) is 6.40. The lowest BCUT2D eigenvalue weighted by Crippen LogP contribution is -2.73. The molecule has 82 valence electrons. The predicted molar refractivity (Wildman–Crippen MR) is 41.7 cm³/mol. The molecule has 0 atom stereocenters. The van der Waals surface area contributed by atoms with Crippen LogP contribution in [0.4, 0.5) is 13.2 Å². The maximum absolute atomic E-state index is 11.9. The largest absolute Gasteiger partial charge is 0.468 e. The molecule has 0 aliphatic carbocycles. The number of hydrogen-bond acceptors (Lipinski definition) is 4. The van der Waals surface area contributed by atoms with Gasteiger partial charge in [-0.2, -0.15) is 13.2 Å². The molecule has 1 aliphatic heterocycles. The fraction of sp³-hybridized carbons (Fsp3) is 0.857. The van der Waals surface area contributed by atoms with Gasteiger partial charge < -0.3 is 10.1 Å². The number of alkyl halides is 3. The van der Waals surface area contributed by atoms with Gasteiger partial charge in [-0.15, -0.1) is 0 Å². The summed E-state index contributed by atoms with van der Waals surface area (Å²) >= 11 is 0. The van der Waals surface area contributed by atoms with Gasteiger partial charge in [0.2, 0.25) is 0 Å². The Hall–Kier alpha value is -0.820. The molecule has 0 spiro atoms. The van der Waals surface area contributed by atoms with Crippen molar-refractivity contribution in [1.29, 1.82) is 0 Å². The number of rotatable bonds is 3. The zero-order valence-electron chi connectivity index (χ0n) is 7.57. The summed E-state index contributed by atoms with van der Waals surface area (Å²) in [4.78, 5) is 11.1. The molecule has 1 aliphatic rings. The molecule has 0 aromatic rings. The van der Waals surface area contributed by atoms with Gasteiger partial charge in [0.15, 0.2) is 0 Å². The lowest BCUT2D eigenvalue weighted by atomic mass is 9.92. The maximum atomic E-state index is 11.9. The highest BCUT2D eigenvalue weighted by molar-refractivity contribution is 5.82. The van der Waals surface area contributed by atoms with Gasteiger partial charge in [-0.25, -0.2) is 4.79 Å². The lowest BCUT2D eigenvalue weighted by Gasteiger charge is -2.40. The van der Waals surface area contributed by atoms with E-state index in [0.29, 0.717) is 0 Å². The second-order valence-electron chi connectivity index (χ2n) is 3.15. The van der Waals surface area contributed by atoms with Gasteiger partial charge in [-0.3, -0.25) is 5.32 Å². The van der Waals surface area contributed by atoms with Gasteiger partial charge in [0.05, 0.1) is 13.7 Å². The van der Waals surface area contributed by atoms with Crippen molar-refractivity contribution in [1.82, 2.24) is 10.6 Å². The zero-order chi connectivity index (χ0) is 10.8. The average Bonchev–Trinajstić information content (AvgIpc) is 1.99. The summed E-state index contributed by atoms with van der Waals surface area (Å²) in [5.41, 5.74) is -1.20. The molecule has 0 unspecified atom stereocenters. The van der Waals surface area contributed by atoms with E-state index >= 15 is 0 Å². The number of esters is 1. The van der Waals surface area contributed by atoms with Crippen LogP contribution in [0, 0.1) is 0 Å². The maximum Gasteiger partial charge on any atom is 0.401 e. The Morgan fingerprint density at radius 3 is 2.43 bits per heavy atom. The van der Waals surface area contributed by atoms with E-state index in [2.05, 4.69) is 15.4 Å². The van der Waals surface area contributed by atoms with Crippen molar-refractivity contribution >= 4 is 5.97 Å². The normalized spacial score (nSPS) is 20.0. The molecular formula is C7H11F3N2O2. The van der Waals surface area contributed by atoms with E-state index in [1.807, 2.05) is 0 Å². The molecule has 1 saturated heterocycles. The number of halogens is 3. The summed E-state index contributed by atoms with van der Waals surface area (Å²) in [5, 5.41) is 4.88. The third-order valence-electron chi connectivity index (χ3n) is 2.06. The van der Waals surface area contributed by atoms with Crippen molar-refractivity contribution in [2.24, 2.45) is 0 Å². The molecule has 14 heavy (non-hydrogen) atoms. The Balaban J connectivity index is 2.50. The van der Waals surface area contributed by atoms with Crippen LogP contribution in [0.15, 0.2) is 0 Å². The second kappa shape index (κ2) is 3.74. The number of hydrogen-bond donors (Lipinski definition) is 2. The topological polar surface area (TPSA) is 50.4 Å². The van der Waals surface area contributed by atoms with E-state index in [0.717, 1.165) is 7.11 Å². The van der Waals surface area contributed by atoms with Gasteiger partial charge in [-0.1, -0.05) is 0 Å². The van der Waals surface area contributed by atoms with Crippen molar-refractivity contribution in [2.75, 3.05) is 26.7 Å². The predicted octanol–water partition coefficient (Wildman–Crippen LogP) is -0.347. The summed E-state index contributed by atoms with van der Waals surface area (Å²) in [6, 6.07) is 0. The molecule has 0 radical (unpaired) electrons. The third-order valence-corrected chi connectivity index (χ3v) is 2.06. The Kier molecular flexibility index (Phi) is 3.01. The first kappa shape index (κ1) is 11.3. The van der Waals surface area contributed by atoms with Crippen molar-refractivity contribution in [3.8, 4) is 0 Å². The molecule has 0 aromatic carbocycles. The molecule has 2 N–H and O–H groups in total. The van der Waals surface area contributed by atoms with E-state index in [4.69, 9.17) is 0 Å². The highest BCUT2D eigenvalue weighted by atomic mass is 19.4. The van der Waals surface area contributed by atoms with Crippen LogP contribution in [-0.2, 0) is 9.53 Å². The van der Waals surface area contributed by atoms with Gasteiger partial charge >= 0.3 is 12.1 Å². The van der Waals surface area contributed by atoms with Crippen LogP contribution >= 0.6 is 0 Å². The monoisotopic (exact) mass is 212 g/mol. The summed E-state index contributed by atoms with van der Waals surface area (Å²) in [6.45, 7) is -0.866. The molecule has 4 nitrogen and oxygen atoms in total. The summed E-state index contributed by atoms with van der Waals surface area (Å²) in [5.74, 6) is -0.666. The minimum atomic E-state index is -4.32. The molecule has 1 heterocycles. The fourth-order valence-electron chi connectivity index (χ4n) is 1.18. The molecule has 0 saturated carbocycles. The molecular weight excluding hydrogens is 201 g/mol. The van der Waals surface area contributed by atoms with Gasteiger partial charge in [0.1, 0.15) is 5.54 Å². The molecule has 1 fully saturated rings. The van der Waals surface area contributed by atoms with E-state index < -0.39 is 24.2 Å². The zero-order valence-corrected chi connectivity index (χ0v) is 7.57. The van der Waals surface area contributed by atoms with E-state index in [1.165, 1.54) is 0 Å². The van der Waals surface area contributed by atoms with Crippen molar-refractivity contribution in [3.63, 3.8) is 0 Å². The number of carbonyl (C=O) groups is 1. The lowest BCUT2D eigenvalue weighted by molar-refractivity contribution is -0.156. The van der Waals surface area contributed by atoms with Gasteiger partial charge in [0.25, 0.3) is 0 Å². The second-order valence-corrected chi connectivity index (χ2v) is 3.15. The average molecular weight is 212 g/mol. The highest BCUT2D eigenvalue weighted by Crippen LogP contribution is 2.18. The number of nitrogens with one attached hydrogen (secondary N) is 2. The molecule has 1 rings (SSSR count). The summed E-state index contributed by atoms with van der Waals surface area (Å²) < 4.78 is 40.1. The number of methoxy groups -OCH3 is 1. The van der Waals surface area contributed by atoms with Crippen molar-refractivity contribution in [2.45, 2.75) is 11.7 Å². The van der Waals surface area contributed by atoms with Crippen LogP contribution in [0.2, 0.25) is 0 Å². The summed E-state index contributed by atoms with van der Waals surface area (Å²) in [6.07, 6.45) is -4.32. The van der Waals surface area contributed by atoms with Crippen LogP contribution in [0.1, 0.15) is 0 Å². The van der Waals surface area contributed by atoms with Crippen LogP contribution < -0.4 is 10.6 Å². The highest BCUT2D eigenvalue weighted by Gasteiger charge is 2.47. The SMILES string of the molecule is COC(=O)C1(NCC(F)(F)F)CNC1. The van der Waals surface area contributed by atoms with Crippen LogP contribution in [-0.4, -0.2) is 44.4 Å². The van der Waals surface area contributed by atoms with Crippen LogP contribution in [0.5, 0.6) is 0 Å². The van der Waals surface area contributed by atoms with Crippen molar-refractivity contribution < 1.29 is 22.7 Å². The standard InChI is InChI=1S/C7H11F3N2O2/c1-14-5(13)6(2-11-3-6)12-4-7(8,9)10/h11-12H,2-4H2,1H3. The minimum Gasteiger partial charge on any atom is -0.468 e. The number of ether oxygens (including phenoxy) is 1. The molecule has 7 heteroatoms. The third kappa shape index (κ3) is 2.36. The first-order valence-electron chi connectivity index (χ1n) is 4.00. The molecule has 0 bridgehead atoms. The molecule has 0 amide bonds. The Morgan fingerprint density at radius 1 is 1.57 bits per heavy atom. The van der Waals surface area contributed by atoms with Gasteiger partial charge in [-0.05, 0) is 0 Å². The van der Waals surface area contributed by atoms with E-state index in [1.54, 1.807) is 0 Å². The first-order valence-corrected chi connectivity index (χ1v) is 4.00.